The lowest BCUT2D eigenvalue weighted by molar-refractivity contribution is -0.117. The highest BCUT2D eigenvalue weighted by Crippen LogP contribution is 2.43. The molecule has 0 saturated carbocycles. The molecule has 0 aliphatic carbocycles. The molecule has 1 aromatic heterocycles. The lowest BCUT2D eigenvalue weighted by Crippen LogP contribution is -2.47. The van der Waals surface area contributed by atoms with Gasteiger partial charge >= 0.3 is 0 Å². The number of anilines is 2. The van der Waals surface area contributed by atoms with E-state index in [4.69, 9.17) is 0 Å². The van der Waals surface area contributed by atoms with Gasteiger partial charge in [-0.05, 0) is 51.0 Å². The van der Waals surface area contributed by atoms with Crippen LogP contribution in [0, 0.1) is 13.8 Å². The molecule has 1 aliphatic heterocycles. The van der Waals surface area contributed by atoms with Crippen LogP contribution in [-0.2, 0) is 4.79 Å². The first-order valence-electron chi connectivity index (χ1n) is 10.1. The molecule has 2 amide bonds. The number of aromatic nitrogens is 1. The van der Waals surface area contributed by atoms with Gasteiger partial charge in [0.2, 0.25) is 5.91 Å². The van der Waals surface area contributed by atoms with Crippen molar-refractivity contribution in [1.29, 1.82) is 0 Å². The van der Waals surface area contributed by atoms with Crippen molar-refractivity contribution < 1.29 is 9.59 Å². The molecule has 0 unspecified atom stereocenters. The number of thiazole rings is 1. The van der Waals surface area contributed by atoms with Crippen LogP contribution in [0.5, 0.6) is 0 Å². The molecule has 0 saturated heterocycles. The van der Waals surface area contributed by atoms with Crippen LogP contribution < -0.4 is 9.80 Å². The van der Waals surface area contributed by atoms with Gasteiger partial charge in [0.1, 0.15) is 4.88 Å². The summed E-state index contributed by atoms with van der Waals surface area (Å²) in [6.45, 7) is 7.45. The minimum atomic E-state index is -0.135. The van der Waals surface area contributed by atoms with Crippen LogP contribution in [0.25, 0.3) is 0 Å². The van der Waals surface area contributed by atoms with Crippen molar-refractivity contribution in [3.63, 3.8) is 0 Å². The van der Waals surface area contributed by atoms with Crippen LogP contribution in [0.15, 0.2) is 54.6 Å². The number of nitrogens with zero attached hydrogens (tertiary/aromatic N) is 3. The van der Waals surface area contributed by atoms with Gasteiger partial charge in [-0.1, -0.05) is 36.4 Å². The molecule has 2 heterocycles. The molecule has 3 aromatic rings. The van der Waals surface area contributed by atoms with E-state index >= 15 is 0 Å². The second kappa shape index (κ2) is 8.03. The molecular formula is C24H25N3O2S. The zero-order valence-corrected chi connectivity index (χ0v) is 18.4. The Balaban J connectivity index is 1.80. The molecule has 30 heavy (non-hydrogen) atoms. The zero-order valence-electron chi connectivity index (χ0n) is 17.6. The summed E-state index contributed by atoms with van der Waals surface area (Å²) in [6.07, 6.45) is 0.661. The number of carbonyl (C=O) groups excluding carboxylic acids is 2. The highest BCUT2D eigenvalue weighted by Gasteiger charge is 2.38. The summed E-state index contributed by atoms with van der Waals surface area (Å²) in [5.74, 6) is -0.0347. The molecule has 0 bridgehead atoms. The van der Waals surface area contributed by atoms with E-state index in [0.29, 0.717) is 11.3 Å². The van der Waals surface area contributed by atoms with Gasteiger partial charge < -0.3 is 9.80 Å². The molecule has 5 nitrogen and oxygen atoms in total. The maximum Gasteiger partial charge on any atom is 0.270 e. The fraction of sp³-hybridized carbons (Fsp3) is 0.292. The summed E-state index contributed by atoms with van der Waals surface area (Å²) in [5, 5.41) is 0.888. The summed E-state index contributed by atoms with van der Waals surface area (Å²) >= 11 is 1.43. The second-order valence-electron chi connectivity index (χ2n) is 7.71. The van der Waals surface area contributed by atoms with Crippen LogP contribution >= 0.6 is 11.3 Å². The number of benzene rings is 2. The molecule has 1 aliphatic rings. The van der Waals surface area contributed by atoms with Crippen LogP contribution in [0.3, 0.4) is 0 Å². The van der Waals surface area contributed by atoms with Crippen LogP contribution in [-0.4, -0.2) is 22.8 Å². The monoisotopic (exact) mass is 419 g/mol. The Labute approximate surface area is 181 Å². The minimum Gasteiger partial charge on any atom is -0.305 e. The molecule has 2 aromatic carbocycles. The Morgan fingerprint density at radius 2 is 1.73 bits per heavy atom. The average molecular weight is 420 g/mol. The van der Waals surface area contributed by atoms with Gasteiger partial charge in [-0.2, -0.15) is 0 Å². The first kappa shape index (κ1) is 20.3. The van der Waals surface area contributed by atoms with E-state index in [1.54, 1.807) is 6.92 Å². The SMILES string of the molecule is CC(=O)N(c1ccccc1)[C@H]1C[C@@H](C)N(C(=O)c2sc(C)nc2C)c2ccccc21. The predicted octanol–water partition coefficient (Wildman–Crippen LogP) is 5.29. The second-order valence-corrected chi connectivity index (χ2v) is 8.91. The van der Waals surface area contributed by atoms with Gasteiger partial charge in [0, 0.05) is 24.3 Å². The summed E-state index contributed by atoms with van der Waals surface area (Å²) in [6, 6.07) is 17.4. The first-order valence-corrected chi connectivity index (χ1v) is 10.9. The van der Waals surface area contributed by atoms with Crippen molar-refractivity contribution in [3.05, 3.63) is 75.7 Å². The van der Waals surface area contributed by atoms with E-state index in [1.807, 2.05) is 85.2 Å². The van der Waals surface area contributed by atoms with Crippen LogP contribution in [0.2, 0.25) is 0 Å². The Bertz CT molecular complexity index is 1090. The molecule has 0 fully saturated rings. The number of hydrogen-bond acceptors (Lipinski definition) is 4. The van der Waals surface area contributed by atoms with E-state index in [-0.39, 0.29) is 23.9 Å². The number of fused-ring (bicyclic) bond motifs is 1. The van der Waals surface area contributed by atoms with Crippen molar-refractivity contribution in [1.82, 2.24) is 4.98 Å². The Morgan fingerprint density at radius 3 is 2.37 bits per heavy atom. The highest BCUT2D eigenvalue weighted by atomic mass is 32.1. The third-order valence-corrected chi connectivity index (χ3v) is 6.62. The number of amides is 2. The normalized spacial score (nSPS) is 18.1. The topological polar surface area (TPSA) is 53.5 Å². The van der Waals surface area contributed by atoms with Gasteiger partial charge in [-0.25, -0.2) is 4.98 Å². The number of aryl methyl sites for hydroxylation is 2. The zero-order chi connectivity index (χ0) is 21.4. The van der Waals surface area contributed by atoms with E-state index < -0.39 is 0 Å². The molecule has 0 N–H and O–H groups in total. The standard InChI is InChI=1S/C24H25N3O2S/c1-15-14-22(27(18(4)28)19-10-6-5-7-11-19)20-12-8-9-13-21(20)26(15)24(29)23-16(2)25-17(3)30-23/h5-13,15,22H,14H2,1-4H3/t15-,22+/m1/s1. The lowest BCUT2D eigenvalue weighted by atomic mass is 9.89. The van der Waals surface area contributed by atoms with E-state index in [9.17, 15) is 9.59 Å². The smallest absolute Gasteiger partial charge is 0.270 e. The molecule has 154 valence electrons. The van der Waals surface area contributed by atoms with E-state index in [1.165, 1.54) is 11.3 Å². The molecule has 0 radical (unpaired) electrons. The maximum absolute atomic E-state index is 13.5. The lowest BCUT2D eigenvalue weighted by Gasteiger charge is -2.43. The van der Waals surface area contributed by atoms with Gasteiger partial charge in [-0.3, -0.25) is 9.59 Å². The number of carbonyl (C=O) groups is 2. The van der Waals surface area contributed by atoms with E-state index in [0.717, 1.165) is 27.6 Å². The van der Waals surface area contributed by atoms with E-state index in [2.05, 4.69) is 4.98 Å². The summed E-state index contributed by atoms with van der Waals surface area (Å²) in [5.41, 5.74) is 3.48. The Hall–Kier alpha value is -2.99. The summed E-state index contributed by atoms with van der Waals surface area (Å²) in [4.78, 5) is 35.0. The predicted molar refractivity (Wildman–Crippen MR) is 121 cm³/mol. The largest absolute Gasteiger partial charge is 0.305 e. The quantitative estimate of drug-likeness (QED) is 0.579. The third kappa shape index (κ3) is 3.52. The van der Waals surface area contributed by atoms with Crippen molar-refractivity contribution in [3.8, 4) is 0 Å². The summed E-state index contributed by atoms with van der Waals surface area (Å²) < 4.78 is 0. The fourth-order valence-electron chi connectivity index (χ4n) is 4.34. The molecular weight excluding hydrogens is 394 g/mol. The number of rotatable bonds is 3. The van der Waals surface area contributed by atoms with Gasteiger partial charge in [0.15, 0.2) is 0 Å². The van der Waals surface area contributed by atoms with Crippen molar-refractivity contribution >= 4 is 34.5 Å². The maximum atomic E-state index is 13.5. The molecule has 2 atom stereocenters. The van der Waals surface area contributed by atoms with Crippen molar-refractivity contribution in [2.45, 2.75) is 46.2 Å². The highest BCUT2D eigenvalue weighted by molar-refractivity contribution is 7.13. The Morgan fingerprint density at radius 1 is 1.07 bits per heavy atom. The fourth-order valence-corrected chi connectivity index (χ4v) is 5.20. The van der Waals surface area contributed by atoms with Gasteiger partial charge in [-0.15, -0.1) is 11.3 Å². The van der Waals surface area contributed by atoms with Crippen LogP contribution in [0.4, 0.5) is 11.4 Å². The molecule has 0 spiro atoms. The minimum absolute atomic E-state index is 0.0121. The summed E-state index contributed by atoms with van der Waals surface area (Å²) in [7, 11) is 0. The third-order valence-electron chi connectivity index (χ3n) is 5.56. The average Bonchev–Trinajstić information content (AvgIpc) is 3.06. The van der Waals surface area contributed by atoms with Crippen molar-refractivity contribution in [2.75, 3.05) is 9.80 Å². The Kier molecular flexibility index (Phi) is 5.43. The van der Waals surface area contributed by atoms with Crippen LogP contribution in [0.1, 0.15) is 52.2 Å². The molecule has 6 heteroatoms. The first-order chi connectivity index (χ1) is 14.4. The number of hydrogen-bond donors (Lipinski definition) is 0. The number of para-hydroxylation sites is 2. The van der Waals surface area contributed by atoms with Gasteiger partial charge in [0.25, 0.3) is 5.91 Å². The molecule has 4 rings (SSSR count). The van der Waals surface area contributed by atoms with Crippen molar-refractivity contribution in [2.24, 2.45) is 0 Å². The van der Waals surface area contributed by atoms with Gasteiger partial charge in [0.05, 0.1) is 16.7 Å².